The van der Waals surface area contributed by atoms with E-state index in [2.05, 4.69) is 20.8 Å². The van der Waals surface area contributed by atoms with Crippen LogP contribution in [0.15, 0.2) is 0 Å². The third kappa shape index (κ3) is 8.55. The first-order valence-electron chi connectivity index (χ1n) is 6.42. The van der Waals surface area contributed by atoms with E-state index in [1.807, 2.05) is 0 Å². The minimum absolute atomic E-state index is 0.816. The largest absolute Gasteiger partial charge is 0.381 e. The molecular weight excluding hydrogens is 172 g/mol. The zero-order valence-electron chi connectivity index (χ0n) is 10.3. The molecule has 0 amide bonds. The lowest BCUT2D eigenvalue weighted by molar-refractivity contribution is 0.0898. The molecule has 0 aliphatic carbocycles. The fourth-order valence-corrected chi connectivity index (χ4v) is 1.71. The van der Waals surface area contributed by atoms with Crippen LogP contribution in [-0.2, 0) is 4.74 Å². The standard InChI is InChI=1S/C13H28O/c1-4-7-10-13(9-6-3)12-14-11-8-5-2/h13H,4-12H2,1-3H3. The molecule has 0 aromatic heterocycles. The highest BCUT2D eigenvalue weighted by atomic mass is 16.5. The number of hydrogen-bond acceptors (Lipinski definition) is 1. The van der Waals surface area contributed by atoms with Crippen LogP contribution >= 0.6 is 0 Å². The van der Waals surface area contributed by atoms with Gasteiger partial charge in [0.2, 0.25) is 0 Å². The average molecular weight is 200 g/mol. The molecule has 1 heteroatoms. The molecule has 1 atom stereocenters. The normalized spacial score (nSPS) is 13.1. The summed E-state index contributed by atoms with van der Waals surface area (Å²) in [7, 11) is 0. The number of rotatable bonds is 10. The van der Waals surface area contributed by atoms with Crippen molar-refractivity contribution in [3.8, 4) is 0 Å². The smallest absolute Gasteiger partial charge is 0.0494 e. The van der Waals surface area contributed by atoms with E-state index in [1.54, 1.807) is 0 Å². The van der Waals surface area contributed by atoms with Crippen LogP contribution in [0.1, 0.15) is 65.7 Å². The third-order valence-corrected chi connectivity index (χ3v) is 2.66. The SMILES string of the molecule is CCCCOCC(CCC)CCCC. The second-order valence-corrected chi connectivity index (χ2v) is 4.23. The van der Waals surface area contributed by atoms with Gasteiger partial charge in [-0.3, -0.25) is 0 Å². The maximum absolute atomic E-state index is 5.69. The van der Waals surface area contributed by atoms with Crippen LogP contribution in [0, 0.1) is 5.92 Å². The Morgan fingerprint density at radius 3 is 2.14 bits per heavy atom. The van der Waals surface area contributed by atoms with Crippen molar-refractivity contribution in [2.75, 3.05) is 13.2 Å². The monoisotopic (exact) mass is 200 g/mol. The lowest BCUT2D eigenvalue weighted by atomic mass is 9.98. The van der Waals surface area contributed by atoms with Gasteiger partial charge in [0.05, 0.1) is 0 Å². The zero-order chi connectivity index (χ0) is 10.6. The minimum Gasteiger partial charge on any atom is -0.381 e. The van der Waals surface area contributed by atoms with Gasteiger partial charge in [-0.25, -0.2) is 0 Å². The van der Waals surface area contributed by atoms with Crippen LogP contribution < -0.4 is 0 Å². The highest BCUT2D eigenvalue weighted by Gasteiger charge is 2.06. The van der Waals surface area contributed by atoms with E-state index in [1.165, 1.54) is 44.9 Å². The molecule has 0 aliphatic heterocycles. The lowest BCUT2D eigenvalue weighted by Gasteiger charge is -2.15. The number of unbranched alkanes of at least 4 members (excludes halogenated alkanes) is 2. The summed E-state index contributed by atoms with van der Waals surface area (Å²) < 4.78 is 5.69. The molecule has 0 bridgehead atoms. The van der Waals surface area contributed by atoms with Gasteiger partial charge in [-0.2, -0.15) is 0 Å². The third-order valence-electron chi connectivity index (χ3n) is 2.66. The van der Waals surface area contributed by atoms with Crippen molar-refractivity contribution in [3.05, 3.63) is 0 Å². The molecule has 0 rings (SSSR count). The molecular formula is C13H28O. The molecule has 0 spiro atoms. The van der Waals surface area contributed by atoms with Gasteiger partial charge in [-0.1, -0.05) is 46.5 Å². The van der Waals surface area contributed by atoms with Crippen molar-refractivity contribution in [2.24, 2.45) is 5.92 Å². The lowest BCUT2D eigenvalue weighted by Crippen LogP contribution is -2.10. The van der Waals surface area contributed by atoms with Crippen molar-refractivity contribution in [1.29, 1.82) is 0 Å². The summed E-state index contributed by atoms with van der Waals surface area (Å²) in [4.78, 5) is 0. The topological polar surface area (TPSA) is 9.23 Å². The van der Waals surface area contributed by atoms with Crippen molar-refractivity contribution in [3.63, 3.8) is 0 Å². The first-order chi connectivity index (χ1) is 6.85. The molecule has 0 radical (unpaired) electrons. The van der Waals surface area contributed by atoms with Gasteiger partial charge < -0.3 is 4.74 Å². The predicted octanol–water partition coefficient (Wildman–Crippen LogP) is 4.41. The van der Waals surface area contributed by atoms with Gasteiger partial charge in [0.1, 0.15) is 0 Å². The van der Waals surface area contributed by atoms with Crippen molar-refractivity contribution < 1.29 is 4.74 Å². The second kappa shape index (κ2) is 11.0. The highest BCUT2D eigenvalue weighted by Crippen LogP contribution is 2.15. The highest BCUT2D eigenvalue weighted by molar-refractivity contribution is 4.57. The van der Waals surface area contributed by atoms with Crippen LogP contribution in [-0.4, -0.2) is 13.2 Å². The maximum atomic E-state index is 5.69. The first-order valence-corrected chi connectivity index (χ1v) is 6.42. The van der Waals surface area contributed by atoms with Gasteiger partial charge in [-0.05, 0) is 25.2 Å². The summed E-state index contributed by atoms with van der Waals surface area (Å²) in [6.45, 7) is 8.70. The summed E-state index contributed by atoms with van der Waals surface area (Å²) in [5.74, 6) is 0.816. The quantitative estimate of drug-likeness (QED) is 0.475. The Morgan fingerprint density at radius 2 is 1.57 bits per heavy atom. The Morgan fingerprint density at radius 1 is 0.857 bits per heavy atom. The molecule has 0 heterocycles. The van der Waals surface area contributed by atoms with Gasteiger partial charge in [0, 0.05) is 13.2 Å². The van der Waals surface area contributed by atoms with Crippen molar-refractivity contribution >= 4 is 0 Å². The molecule has 0 aromatic carbocycles. The van der Waals surface area contributed by atoms with Crippen LogP contribution in [0.5, 0.6) is 0 Å². The van der Waals surface area contributed by atoms with Crippen LogP contribution in [0.25, 0.3) is 0 Å². The van der Waals surface area contributed by atoms with Crippen molar-refractivity contribution in [2.45, 2.75) is 65.7 Å². The Labute approximate surface area is 90.2 Å². The predicted molar refractivity (Wildman–Crippen MR) is 63.7 cm³/mol. The maximum Gasteiger partial charge on any atom is 0.0494 e. The van der Waals surface area contributed by atoms with E-state index in [4.69, 9.17) is 4.74 Å². The zero-order valence-corrected chi connectivity index (χ0v) is 10.3. The van der Waals surface area contributed by atoms with E-state index in [9.17, 15) is 0 Å². The number of ether oxygens (including phenoxy) is 1. The molecule has 0 saturated carbocycles. The van der Waals surface area contributed by atoms with Crippen LogP contribution in [0.2, 0.25) is 0 Å². The van der Waals surface area contributed by atoms with Gasteiger partial charge in [0.15, 0.2) is 0 Å². The molecule has 0 aliphatic rings. The Balaban J connectivity index is 3.40. The fraction of sp³-hybridized carbons (Fsp3) is 1.00. The summed E-state index contributed by atoms with van der Waals surface area (Å²) in [5.41, 5.74) is 0. The van der Waals surface area contributed by atoms with E-state index in [0.29, 0.717) is 0 Å². The van der Waals surface area contributed by atoms with Gasteiger partial charge in [-0.15, -0.1) is 0 Å². The Bertz CT molecular complexity index is 101. The first kappa shape index (κ1) is 14.0. The van der Waals surface area contributed by atoms with E-state index < -0.39 is 0 Å². The summed E-state index contributed by atoms with van der Waals surface area (Å²) in [6, 6.07) is 0. The van der Waals surface area contributed by atoms with Gasteiger partial charge >= 0.3 is 0 Å². The van der Waals surface area contributed by atoms with E-state index >= 15 is 0 Å². The fourth-order valence-electron chi connectivity index (χ4n) is 1.71. The van der Waals surface area contributed by atoms with Gasteiger partial charge in [0.25, 0.3) is 0 Å². The second-order valence-electron chi connectivity index (χ2n) is 4.23. The van der Waals surface area contributed by atoms with E-state index in [-0.39, 0.29) is 0 Å². The van der Waals surface area contributed by atoms with Crippen LogP contribution in [0.3, 0.4) is 0 Å². The molecule has 0 fully saturated rings. The Kier molecular flexibility index (Phi) is 11.0. The van der Waals surface area contributed by atoms with E-state index in [0.717, 1.165) is 19.1 Å². The summed E-state index contributed by atoms with van der Waals surface area (Å²) in [6.07, 6.45) is 9.13. The average Bonchev–Trinajstić information content (AvgIpc) is 2.20. The molecule has 14 heavy (non-hydrogen) atoms. The molecule has 86 valence electrons. The summed E-state index contributed by atoms with van der Waals surface area (Å²) >= 11 is 0. The minimum atomic E-state index is 0.816. The molecule has 0 N–H and O–H groups in total. The Hall–Kier alpha value is -0.0400. The summed E-state index contributed by atoms with van der Waals surface area (Å²) in [5, 5.41) is 0. The molecule has 0 aromatic rings. The van der Waals surface area contributed by atoms with Crippen molar-refractivity contribution in [1.82, 2.24) is 0 Å². The van der Waals surface area contributed by atoms with Crippen LogP contribution in [0.4, 0.5) is 0 Å². The number of hydrogen-bond donors (Lipinski definition) is 0. The molecule has 1 nitrogen and oxygen atoms in total. The molecule has 0 saturated heterocycles. The molecule has 1 unspecified atom stereocenters.